The Balaban J connectivity index is 1.55. The molecule has 2 aromatic rings. The van der Waals surface area contributed by atoms with Crippen LogP contribution in [0.15, 0.2) is 41.4 Å². The van der Waals surface area contributed by atoms with E-state index in [-0.39, 0.29) is 29.8 Å². The number of amides is 1. The number of carbonyl (C=O) groups excluding carboxylic acids is 1. The Kier molecular flexibility index (Phi) is 5.38. The number of aryl methyl sites for hydroxylation is 1. The monoisotopic (exact) mass is 380 g/mol. The molecule has 0 bridgehead atoms. The molecule has 0 radical (unpaired) electrons. The number of hydrogen-bond donors (Lipinski definition) is 1. The van der Waals surface area contributed by atoms with Crippen molar-refractivity contribution in [1.29, 1.82) is 0 Å². The number of benzene rings is 1. The maximum absolute atomic E-state index is 13.0. The summed E-state index contributed by atoms with van der Waals surface area (Å²) in [4.78, 5) is 12.3. The second kappa shape index (κ2) is 7.55. The molecule has 1 unspecified atom stereocenters. The fraction of sp³-hybridized carbons (Fsp3) is 0.412. The summed E-state index contributed by atoms with van der Waals surface area (Å²) < 4.78 is 41.2. The molecule has 9 heteroatoms. The largest absolute Gasteiger partial charge is 0.354 e. The van der Waals surface area contributed by atoms with E-state index in [9.17, 15) is 17.6 Å². The van der Waals surface area contributed by atoms with E-state index >= 15 is 0 Å². The predicted molar refractivity (Wildman–Crippen MR) is 93.2 cm³/mol. The Hall–Kier alpha value is -2.26. The Morgan fingerprint density at radius 2 is 2.04 bits per heavy atom. The lowest BCUT2D eigenvalue weighted by molar-refractivity contribution is -0.124. The highest BCUT2D eigenvalue weighted by molar-refractivity contribution is 7.89. The van der Waals surface area contributed by atoms with Crippen molar-refractivity contribution in [2.24, 2.45) is 5.92 Å². The van der Waals surface area contributed by atoms with Gasteiger partial charge in [-0.15, -0.1) is 0 Å². The summed E-state index contributed by atoms with van der Waals surface area (Å²) >= 11 is 0. The van der Waals surface area contributed by atoms with Gasteiger partial charge in [0.1, 0.15) is 5.82 Å². The summed E-state index contributed by atoms with van der Waals surface area (Å²) in [5.41, 5.74) is 1.01. The van der Waals surface area contributed by atoms with Gasteiger partial charge in [0, 0.05) is 31.5 Å². The number of hydrogen-bond acceptors (Lipinski definition) is 4. The number of sulfonamides is 1. The van der Waals surface area contributed by atoms with E-state index in [1.165, 1.54) is 16.4 Å². The van der Waals surface area contributed by atoms with Crippen molar-refractivity contribution in [3.8, 4) is 0 Å². The highest BCUT2D eigenvalue weighted by Gasteiger charge is 2.35. The van der Waals surface area contributed by atoms with Gasteiger partial charge in [-0.1, -0.05) is 0 Å². The van der Waals surface area contributed by atoms with Crippen LogP contribution in [0.1, 0.15) is 12.1 Å². The summed E-state index contributed by atoms with van der Waals surface area (Å²) in [6, 6.07) is 6.60. The molecule has 2 heterocycles. The lowest BCUT2D eigenvalue weighted by atomic mass is 10.1. The number of nitrogens with zero attached hydrogens (tertiary/aromatic N) is 3. The SMILES string of the molecule is Cc1ccnn1CCNC(=O)C1CCN(S(=O)(=O)c2ccc(F)cc2)C1. The van der Waals surface area contributed by atoms with Gasteiger partial charge in [-0.25, -0.2) is 12.8 Å². The third kappa shape index (κ3) is 3.94. The van der Waals surface area contributed by atoms with Gasteiger partial charge >= 0.3 is 0 Å². The number of halogens is 1. The van der Waals surface area contributed by atoms with Crippen LogP contribution in [0.2, 0.25) is 0 Å². The van der Waals surface area contributed by atoms with E-state index in [0.717, 1.165) is 17.8 Å². The minimum Gasteiger partial charge on any atom is -0.354 e. The Labute approximate surface area is 151 Å². The van der Waals surface area contributed by atoms with Crippen molar-refractivity contribution in [2.45, 2.75) is 24.8 Å². The van der Waals surface area contributed by atoms with Crippen LogP contribution < -0.4 is 5.32 Å². The highest BCUT2D eigenvalue weighted by atomic mass is 32.2. The molecule has 0 aliphatic carbocycles. The maximum atomic E-state index is 13.0. The van der Waals surface area contributed by atoms with Crippen molar-refractivity contribution in [2.75, 3.05) is 19.6 Å². The van der Waals surface area contributed by atoms with Crippen molar-refractivity contribution in [3.05, 3.63) is 48.0 Å². The molecule has 1 aromatic heterocycles. The fourth-order valence-electron chi connectivity index (χ4n) is 2.98. The average Bonchev–Trinajstić information content (AvgIpc) is 3.25. The van der Waals surface area contributed by atoms with Crippen LogP contribution in [0, 0.1) is 18.7 Å². The first-order valence-corrected chi connectivity index (χ1v) is 9.84. The first kappa shape index (κ1) is 18.5. The van der Waals surface area contributed by atoms with Crippen LogP contribution in [0.4, 0.5) is 4.39 Å². The summed E-state index contributed by atoms with van der Waals surface area (Å²) in [6.45, 7) is 3.34. The molecular weight excluding hydrogens is 359 g/mol. The first-order chi connectivity index (χ1) is 12.4. The Morgan fingerprint density at radius 3 is 2.69 bits per heavy atom. The van der Waals surface area contributed by atoms with Crippen LogP contribution in [0.3, 0.4) is 0 Å². The second-order valence-corrected chi connectivity index (χ2v) is 8.23. The quantitative estimate of drug-likeness (QED) is 0.815. The zero-order chi connectivity index (χ0) is 18.7. The Morgan fingerprint density at radius 1 is 1.31 bits per heavy atom. The second-order valence-electron chi connectivity index (χ2n) is 6.29. The predicted octanol–water partition coefficient (Wildman–Crippen LogP) is 1.16. The van der Waals surface area contributed by atoms with E-state index in [2.05, 4.69) is 10.4 Å². The molecule has 1 aliphatic rings. The lowest BCUT2D eigenvalue weighted by Gasteiger charge is -2.16. The van der Waals surface area contributed by atoms with Crippen molar-refractivity contribution in [1.82, 2.24) is 19.4 Å². The molecule has 26 heavy (non-hydrogen) atoms. The number of aromatic nitrogens is 2. The van der Waals surface area contributed by atoms with Crippen molar-refractivity contribution >= 4 is 15.9 Å². The van der Waals surface area contributed by atoms with Crippen molar-refractivity contribution in [3.63, 3.8) is 0 Å². The molecule has 1 amide bonds. The van der Waals surface area contributed by atoms with Gasteiger partial charge in [-0.05, 0) is 43.7 Å². The summed E-state index contributed by atoms with van der Waals surface area (Å²) in [5.74, 6) is -1.04. The van der Waals surface area contributed by atoms with Crippen LogP contribution in [0.5, 0.6) is 0 Å². The zero-order valence-electron chi connectivity index (χ0n) is 14.4. The minimum atomic E-state index is -3.71. The minimum absolute atomic E-state index is 0.0362. The molecule has 1 atom stereocenters. The number of carbonyl (C=O) groups is 1. The van der Waals surface area contributed by atoms with Crippen LogP contribution >= 0.6 is 0 Å². The third-order valence-corrected chi connectivity index (χ3v) is 6.40. The molecule has 1 saturated heterocycles. The molecule has 1 fully saturated rings. The topological polar surface area (TPSA) is 84.3 Å². The van der Waals surface area contributed by atoms with Gasteiger partial charge in [0.05, 0.1) is 17.4 Å². The summed E-state index contributed by atoms with van der Waals surface area (Å²) in [7, 11) is -3.71. The van der Waals surface area contributed by atoms with Gasteiger partial charge < -0.3 is 5.32 Å². The molecule has 0 spiro atoms. The molecule has 1 aromatic carbocycles. The molecular formula is C17H21FN4O3S. The van der Waals surface area contributed by atoms with Crippen LogP contribution in [0.25, 0.3) is 0 Å². The smallest absolute Gasteiger partial charge is 0.243 e. The normalized spacial score (nSPS) is 18.2. The summed E-state index contributed by atoms with van der Waals surface area (Å²) in [6.07, 6.45) is 2.17. The fourth-order valence-corrected chi connectivity index (χ4v) is 4.48. The number of nitrogens with one attached hydrogen (secondary N) is 1. The molecule has 140 valence electrons. The molecule has 0 saturated carbocycles. The average molecular weight is 380 g/mol. The maximum Gasteiger partial charge on any atom is 0.243 e. The van der Waals surface area contributed by atoms with E-state index in [1.54, 1.807) is 10.9 Å². The van der Waals surface area contributed by atoms with Crippen LogP contribution in [-0.2, 0) is 21.4 Å². The Bertz CT molecular complexity index is 880. The van der Waals surface area contributed by atoms with Gasteiger partial charge in [-0.3, -0.25) is 9.48 Å². The van der Waals surface area contributed by atoms with Gasteiger partial charge in [0.25, 0.3) is 0 Å². The van der Waals surface area contributed by atoms with E-state index in [0.29, 0.717) is 19.5 Å². The molecule has 7 nitrogen and oxygen atoms in total. The van der Waals surface area contributed by atoms with Gasteiger partial charge in [0.15, 0.2) is 0 Å². The van der Waals surface area contributed by atoms with E-state index < -0.39 is 15.8 Å². The standard InChI is InChI=1S/C17H21FN4O3S/c1-13-6-8-20-22(13)11-9-19-17(23)14-7-10-21(12-14)26(24,25)16-4-2-15(18)3-5-16/h2-6,8,14H,7,9-12H2,1H3,(H,19,23). The molecule has 1 aliphatic heterocycles. The zero-order valence-corrected chi connectivity index (χ0v) is 15.2. The van der Waals surface area contributed by atoms with Crippen molar-refractivity contribution < 1.29 is 17.6 Å². The lowest BCUT2D eigenvalue weighted by Crippen LogP contribution is -2.36. The van der Waals surface area contributed by atoms with E-state index in [1.807, 2.05) is 13.0 Å². The van der Waals surface area contributed by atoms with Gasteiger partial charge in [0.2, 0.25) is 15.9 Å². The third-order valence-electron chi connectivity index (χ3n) is 4.52. The van der Waals surface area contributed by atoms with E-state index in [4.69, 9.17) is 0 Å². The number of rotatable bonds is 6. The molecule has 3 rings (SSSR count). The van der Waals surface area contributed by atoms with Crippen LogP contribution in [-0.4, -0.2) is 48.0 Å². The summed E-state index contributed by atoms with van der Waals surface area (Å²) in [5, 5.41) is 6.98. The highest BCUT2D eigenvalue weighted by Crippen LogP contribution is 2.24. The molecule has 1 N–H and O–H groups in total. The van der Waals surface area contributed by atoms with Gasteiger partial charge in [-0.2, -0.15) is 9.40 Å². The first-order valence-electron chi connectivity index (χ1n) is 8.40.